The Morgan fingerprint density at radius 2 is 1.73 bits per heavy atom. The molecular weight excluding hydrogens is 378 g/mol. The Bertz CT molecular complexity index is 922. The van der Waals surface area contributed by atoms with Gasteiger partial charge in [-0.25, -0.2) is 0 Å². The van der Waals surface area contributed by atoms with Gasteiger partial charge in [0.25, 0.3) is 0 Å². The first-order valence-electron chi connectivity index (χ1n) is 10.2. The minimum absolute atomic E-state index is 0.0295. The number of likely N-dealkylation sites (N-methyl/N-ethyl adjacent to an activating group) is 1. The van der Waals surface area contributed by atoms with E-state index in [9.17, 15) is 14.4 Å². The average molecular weight is 408 g/mol. The molecule has 0 unspecified atom stereocenters. The van der Waals surface area contributed by atoms with E-state index in [-0.39, 0.29) is 36.7 Å². The first-order valence-corrected chi connectivity index (χ1v) is 10.2. The van der Waals surface area contributed by atoms with Gasteiger partial charge in [0, 0.05) is 25.7 Å². The molecule has 3 amide bonds. The molecule has 2 atom stereocenters. The Morgan fingerprint density at radius 1 is 1.10 bits per heavy atom. The fourth-order valence-corrected chi connectivity index (χ4v) is 3.98. The highest BCUT2D eigenvalue weighted by Gasteiger charge is 2.38. The number of benzene rings is 2. The summed E-state index contributed by atoms with van der Waals surface area (Å²) >= 11 is 0. The Labute approximate surface area is 177 Å². The lowest BCUT2D eigenvalue weighted by atomic mass is 10.1. The highest BCUT2D eigenvalue weighted by Crippen LogP contribution is 2.29. The SMILES string of the molecule is Cc1cccc(C)c1NC(=O)CN(C)C(=O)[C@H]1CC(=O)N([C@H](C)c2ccccc2)C1. The summed E-state index contributed by atoms with van der Waals surface area (Å²) < 4.78 is 0. The zero-order valence-corrected chi connectivity index (χ0v) is 18.0. The molecule has 3 rings (SSSR count). The molecule has 6 heteroatoms. The Kier molecular flexibility index (Phi) is 6.55. The second kappa shape index (κ2) is 9.11. The van der Waals surface area contributed by atoms with Crippen LogP contribution in [0.2, 0.25) is 0 Å². The molecule has 1 N–H and O–H groups in total. The molecule has 0 radical (unpaired) electrons. The lowest BCUT2D eigenvalue weighted by Crippen LogP contribution is -2.39. The van der Waals surface area contributed by atoms with Crippen LogP contribution in [-0.2, 0) is 14.4 Å². The monoisotopic (exact) mass is 407 g/mol. The van der Waals surface area contributed by atoms with Crippen LogP contribution < -0.4 is 5.32 Å². The van der Waals surface area contributed by atoms with E-state index in [0.717, 1.165) is 22.4 Å². The number of aryl methyl sites for hydroxylation is 2. The van der Waals surface area contributed by atoms with E-state index in [1.54, 1.807) is 11.9 Å². The van der Waals surface area contributed by atoms with E-state index >= 15 is 0 Å². The van der Waals surface area contributed by atoms with Crippen molar-refractivity contribution in [2.45, 2.75) is 33.2 Å². The van der Waals surface area contributed by atoms with Gasteiger partial charge in [-0.15, -0.1) is 0 Å². The van der Waals surface area contributed by atoms with E-state index in [2.05, 4.69) is 5.32 Å². The predicted molar refractivity (Wildman–Crippen MR) is 117 cm³/mol. The predicted octanol–water partition coefficient (Wildman–Crippen LogP) is 3.31. The number of amides is 3. The van der Waals surface area contributed by atoms with Gasteiger partial charge in [0.15, 0.2) is 0 Å². The van der Waals surface area contributed by atoms with Gasteiger partial charge in [0.05, 0.1) is 18.5 Å². The van der Waals surface area contributed by atoms with E-state index < -0.39 is 5.92 Å². The molecule has 1 heterocycles. The van der Waals surface area contributed by atoms with Crippen molar-refractivity contribution in [1.29, 1.82) is 0 Å². The molecule has 0 aliphatic carbocycles. The van der Waals surface area contributed by atoms with Crippen LogP contribution in [0.15, 0.2) is 48.5 Å². The zero-order chi connectivity index (χ0) is 21.8. The smallest absolute Gasteiger partial charge is 0.243 e. The van der Waals surface area contributed by atoms with Gasteiger partial charge in [-0.05, 0) is 37.5 Å². The number of hydrogen-bond donors (Lipinski definition) is 1. The average Bonchev–Trinajstić information content (AvgIpc) is 3.11. The molecule has 2 aromatic rings. The molecule has 0 spiro atoms. The van der Waals surface area contributed by atoms with Crippen LogP contribution in [-0.4, -0.2) is 47.7 Å². The van der Waals surface area contributed by atoms with Gasteiger partial charge in [-0.2, -0.15) is 0 Å². The van der Waals surface area contributed by atoms with Crippen molar-refractivity contribution in [3.8, 4) is 0 Å². The third-order valence-electron chi connectivity index (χ3n) is 5.76. The first-order chi connectivity index (χ1) is 14.3. The van der Waals surface area contributed by atoms with E-state index in [1.807, 2.05) is 69.3 Å². The summed E-state index contributed by atoms with van der Waals surface area (Å²) in [6, 6.07) is 15.5. The van der Waals surface area contributed by atoms with Crippen LogP contribution in [0.25, 0.3) is 0 Å². The molecular formula is C24H29N3O3. The number of carbonyl (C=O) groups excluding carboxylic acids is 3. The van der Waals surface area contributed by atoms with Crippen LogP contribution in [0, 0.1) is 19.8 Å². The molecule has 0 saturated carbocycles. The largest absolute Gasteiger partial charge is 0.336 e. The van der Waals surface area contributed by atoms with Crippen molar-refractivity contribution in [3.05, 3.63) is 65.2 Å². The second-order valence-corrected chi connectivity index (χ2v) is 8.04. The molecule has 0 bridgehead atoms. The lowest BCUT2D eigenvalue weighted by molar-refractivity contribution is -0.137. The van der Waals surface area contributed by atoms with Crippen LogP contribution in [0.1, 0.15) is 36.1 Å². The van der Waals surface area contributed by atoms with Crippen molar-refractivity contribution in [2.75, 3.05) is 25.5 Å². The van der Waals surface area contributed by atoms with Gasteiger partial charge in [0.2, 0.25) is 17.7 Å². The number of likely N-dealkylation sites (tertiary alicyclic amines) is 1. The molecule has 1 fully saturated rings. The van der Waals surface area contributed by atoms with Crippen molar-refractivity contribution in [1.82, 2.24) is 9.80 Å². The summed E-state index contributed by atoms with van der Waals surface area (Å²) in [4.78, 5) is 41.1. The number of hydrogen-bond acceptors (Lipinski definition) is 3. The lowest BCUT2D eigenvalue weighted by Gasteiger charge is -2.26. The molecule has 2 aromatic carbocycles. The first kappa shape index (κ1) is 21.6. The van der Waals surface area contributed by atoms with Crippen LogP contribution in [0.4, 0.5) is 5.69 Å². The number of para-hydroxylation sites is 1. The third-order valence-corrected chi connectivity index (χ3v) is 5.76. The standard InChI is InChI=1S/C24H29N3O3/c1-16-9-8-10-17(2)23(16)25-21(28)15-26(4)24(30)20-13-22(29)27(14-20)18(3)19-11-6-5-7-12-19/h5-12,18,20H,13-15H2,1-4H3,(H,25,28)/t18-,20+/m1/s1. The number of carbonyl (C=O) groups is 3. The van der Waals surface area contributed by atoms with Gasteiger partial charge >= 0.3 is 0 Å². The third kappa shape index (κ3) is 4.70. The van der Waals surface area contributed by atoms with Gasteiger partial charge in [-0.1, -0.05) is 48.5 Å². The molecule has 1 aliphatic heterocycles. The topological polar surface area (TPSA) is 69.7 Å². The van der Waals surface area contributed by atoms with E-state index in [0.29, 0.717) is 6.54 Å². The normalized spacial score (nSPS) is 17.0. The van der Waals surface area contributed by atoms with E-state index in [1.165, 1.54) is 4.90 Å². The second-order valence-electron chi connectivity index (χ2n) is 8.04. The Morgan fingerprint density at radius 3 is 2.37 bits per heavy atom. The fraction of sp³-hybridized carbons (Fsp3) is 0.375. The molecule has 1 saturated heterocycles. The summed E-state index contributed by atoms with van der Waals surface area (Å²) in [5.41, 5.74) is 3.77. The highest BCUT2D eigenvalue weighted by molar-refractivity contribution is 5.97. The quantitative estimate of drug-likeness (QED) is 0.799. The summed E-state index contributed by atoms with van der Waals surface area (Å²) in [7, 11) is 1.61. The van der Waals surface area contributed by atoms with Crippen molar-refractivity contribution >= 4 is 23.4 Å². The maximum Gasteiger partial charge on any atom is 0.243 e. The number of rotatable bonds is 6. The van der Waals surface area contributed by atoms with Crippen LogP contribution >= 0.6 is 0 Å². The fourth-order valence-electron chi connectivity index (χ4n) is 3.98. The van der Waals surface area contributed by atoms with Gasteiger partial charge in [0.1, 0.15) is 0 Å². The summed E-state index contributed by atoms with van der Waals surface area (Å²) in [5.74, 6) is -0.885. The van der Waals surface area contributed by atoms with E-state index in [4.69, 9.17) is 0 Å². The minimum atomic E-state index is -0.429. The van der Waals surface area contributed by atoms with Crippen LogP contribution in [0.3, 0.4) is 0 Å². The maximum atomic E-state index is 12.9. The van der Waals surface area contributed by atoms with Gasteiger partial charge in [-0.3, -0.25) is 14.4 Å². The molecule has 30 heavy (non-hydrogen) atoms. The molecule has 1 aliphatic rings. The van der Waals surface area contributed by atoms with Crippen LogP contribution in [0.5, 0.6) is 0 Å². The zero-order valence-electron chi connectivity index (χ0n) is 18.0. The highest BCUT2D eigenvalue weighted by atomic mass is 16.2. The molecule has 0 aromatic heterocycles. The molecule has 6 nitrogen and oxygen atoms in total. The summed E-state index contributed by atoms with van der Waals surface area (Å²) in [6.07, 6.45) is 0.179. The van der Waals surface area contributed by atoms with Crippen molar-refractivity contribution in [3.63, 3.8) is 0 Å². The Hall–Kier alpha value is -3.15. The van der Waals surface area contributed by atoms with Crippen molar-refractivity contribution in [2.24, 2.45) is 5.92 Å². The van der Waals surface area contributed by atoms with Crippen molar-refractivity contribution < 1.29 is 14.4 Å². The maximum absolute atomic E-state index is 12.9. The Balaban J connectivity index is 1.59. The minimum Gasteiger partial charge on any atom is -0.336 e. The summed E-state index contributed by atoms with van der Waals surface area (Å²) in [5, 5.41) is 2.90. The number of nitrogens with zero attached hydrogens (tertiary/aromatic N) is 2. The number of anilines is 1. The van der Waals surface area contributed by atoms with Gasteiger partial charge < -0.3 is 15.1 Å². The number of nitrogens with one attached hydrogen (secondary N) is 1. The summed E-state index contributed by atoms with van der Waals surface area (Å²) in [6.45, 7) is 6.16. The molecule has 158 valence electrons.